The molecule has 0 atom stereocenters. The number of rotatable bonds is 3. The maximum Gasteiger partial charge on any atom is 0 e. The minimum absolute atomic E-state index is 0. The van der Waals surface area contributed by atoms with Crippen LogP contribution in [0.25, 0.3) is 0 Å². The molecule has 2 radical (unpaired) electrons. The quantitative estimate of drug-likeness (QED) is 0.369. The first-order chi connectivity index (χ1) is 9.45. The van der Waals surface area contributed by atoms with Crippen molar-refractivity contribution in [2.75, 3.05) is 0 Å². The molecule has 0 spiro atoms. The van der Waals surface area contributed by atoms with Gasteiger partial charge >= 0.3 is 0 Å². The molecule has 0 aliphatic heterocycles. The Hall–Kier alpha value is -0.663. The zero-order valence-electron chi connectivity index (χ0n) is 11.2. The Morgan fingerprint density at radius 1 is 0.429 bits per heavy atom. The minimum Gasteiger partial charge on any atom is -0.0622 e. The van der Waals surface area contributed by atoms with Crippen molar-refractivity contribution in [2.24, 2.45) is 0 Å². The van der Waals surface area contributed by atoms with Crippen LogP contribution in [0.1, 0.15) is 0 Å². The fourth-order valence-corrected chi connectivity index (χ4v) is 4.48. The molecule has 0 amide bonds. The van der Waals surface area contributed by atoms with Crippen LogP contribution < -0.4 is 15.9 Å². The molecule has 0 aliphatic carbocycles. The summed E-state index contributed by atoms with van der Waals surface area (Å²) in [7, 11) is -0.446. The van der Waals surface area contributed by atoms with E-state index in [1.807, 2.05) is 0 Å². The summed E-state index contributed by atoms with van der Waals surface area (Å²) in [6, 6.07) is 32.3. The summed E-state index contributed by atoms with van der Waals surface area (Å²) >= 11 is 0. The molecule has 0 saturated heterocycles. The van der Waals surface area contributed by atoms with Gasteiger partial charge in [0.25, 0.3) is 0 Å². The molecule has 3 aromatic carbocycles. The Labute approximate surface area is 153 Å². The predicted molar refractivity (Wildman–Crippen MR) is 85.1 cm³/mol. The van der Waals surface area contributed by atoms with Crippen molar-refractivity contribution in [3.8, 4) is 0 Å². The summed E-state index contributed by atoms with van der Waals surface area (Å²) in [5, 5.41) is 4.19. The van der Waals surface area contributed by atoms with Gasteiger partial charge < -0.3 is 0 Å². The Morgan fingerprint density at radius 3 is 0.905 bits per heavy atom. The Balaban J connectivity index is 0.00000110. The monoisotopic (exact) mass is 518 g/mol. The van der Waals surface area contributed by atoms with Gasteiger partial charge in [0.1, 0.15) is 0 Å². The Morgan fingerprint density at radius 2 is 0.667 bits per heavy atom. The average Bonchev–Trinajstić information content (AvgIpc) is 2.51. The summed E-state index contributed by atoms with van der Waals surface area (Å²) in [6.07, 6.45) is 0. The van der Waals surface area contributed by atoms with Gasteiger partial charge in [0.05, 0.1) is 0 Å². The predicted octanol–water partition coefficient (Wildman–Crippen LogP) is 3.44. The number of hydrogen-bond donors (Lipinski definition) is 0. The zero-order valence-corrected chi connectivity index (χ0v) is 15.3. The molecule has 0 nitrogen and oxygen atoms in total. The van der Waals surface area contributed by atoms with Crippen LogP contribution in [0.15, 0.2) is 91.0 Å². The van der Waals surface area contributed by atoms with Crippen LogP contribution in [0.3, 0.4) is 0 Å². The van der Waals surface area contributed by atoms with E-state index >= 15 is 0 Å². The van der Waals surface area contributed by atoms with Crippen LogP contribution in [0.5, 0.6) is 0 Å². The molecule has 0 fully saturated rings. The van der Waals surface area contributed by atoms with Gasteiger partial charge in [-0.2, -0.15) is 0 Å². The largest absolute Gasteiger partial charge is 0.0622 e. The first-order valence-corrected chi connectivity index (χ1v) is 7.74. The molecule has 0 aromatic heterocycles. The molecule has 3 rings (SSSR count). The molecule has 0 saturated carbocycles. The normalized spacial score (nSPS) is 9.57. The minimum atomic E-state index is -0.446. The van der Waals surface area contributed by atoms with Gasteiger partial charge in [-0.05, 0) is 23.8 Å². The van der Waals surface area contributed by atoms with Gasteiger partial charge in [-0.3, -0.25) is 0 Å². The third-order valence-corrected chi connectivity index (χ3v) is 5.49. The van der Waals surface area contributed by atoms with Crippen LogP contribution in [-0.4, -0.2) is 0 Å². The molecule has 3 heteroatoms. The van der Waals surface area contributed by atoms with Crippen LogP contribution in [0, 0.1) is 0 Å². The fourth-order valence-electron chi connectivity index (χ4n) is 2.18. The van der Waals surface area contributed by atoms with Crippen LogP contribution in [0.2, 0.25) is 0 Å². The summed E-state index contributed by atoms with van der Waals surface area (Å²) in [4.78, 5) is 0. The van der Waals surface area contributed by atoms with E-state index in [2.05, 4.69) is 91.0 Å². The first-order valence-electron chi connectivity index (χ1n) is 6.40. The van der Waals surface area contributed by atoms with Crippen molar-refractivity contribution in [3.63, 3.8) is 0 Å². The standard InChI is InChI=1S/C18H15P.Au.Co/c1-4-10-16(11-5-1)19(17-12-6-2-7-13-17)18-14-8-3-9-15-18;;/h1-15H;;. The fraction of sp³-hybridized carbons (Fsp3) is 0. The van der Waals surface area contributed by atoms with Crippen molar-refractivity contribution in [1.29, 1.82) is 0 Å². The second kappa shape index (κ2) is 9.37. The molecular formula is C18H15AuCoP. The number of benzene rings is 3. The van der Waals surface area contributed by atoms with E-state index in [-0.39, 0.29) is 39.2 Å². The first kappa shape index (κ1) is 18.4. The van der Waals surface area contributed by atoms with Crippen molar-refractivity contribution < 1.29 is 39.2 Å². The third-order valence-electron chi connectivity index (χ3n) is 3.04. The van der Waals surface area contributed by atoms with Gasteiger partial charge in [-0.25, -0.2) is 0 Å². The maximum absolute atomic E-state index is 2.23. The van der Waals surface area contributed by atoms with Gasteiger partial charge in [-0.15, -0.1) is 0 Å². The van der Waals surface area contributed by atoms with Crippen molar-refractivity contribution in [2.45, 2.75) is 0 Å². The zero-order chi connectivity index (χ0) is 12.9. The van der Waals surface area contributed by atoms with E-state index in [0.717, 1.165) is 0 Å². The molecule has 112 valence electrons. The van der Waals surface area contributed by atoms with Crippen molar-refractivity contribution in [3.05, 3.63) is 91.0 Å². The second-order valence-electron chi connectivity index (χ2n) is 4.34. The SMILES string of the molecule is [Au].[Co].c1ccc(P(c2ccccc2)c2ccccc2)cc1. The van der Waals surface area contributed by atoms with Crippen molar-refractivity contribution in [1.82, 2.24) is 0 Å². The molecule has 0 aliphatic rings. The maximum atomic E-state index is 2.23. The van der Waals surface area contributed by atoms with E-state index in [0.29, 0.717) is 0 Å². The van der Waals surface area contributed by atoms with Crippen LogP contribution >= 0.6 is 7.92 Å². The van der Waals surface area contributed by atoms with Crippen LogP contribution in [0.4, 0.5) is 0 Å². The summed E-state index contributed by atoms with van der Waals surface area (Å²) in [5.41, 5.74) is 0. The average molecular weight is 518 g/mol. The molecular weight excluding hydrogens is 503 g/mol. The number of hydrogen-bond acceptors (Lipinski definition) is 0. The summed E-state index contributed by atoms with van der Waals surface area (Å²) in [5.74, 6) is 0. The Bertz CT molecular complexity index is 535. The third kappa shape index (κ3) is 4.65. The summed E-state index contributed by atoms with van der Waals surface area (Å²) in [6.45, 7) is 0. The molecule has 3 aromatic rings. The van der Waals surface area contributed by atoms with Gasteiger partial charge in [0, 0.05) is 39.2 Å². The molecule has 0 heterocycles. The summed E-state index contributed by atoms with van der Waals surface area (Å²) < 4.78 is 0. The second-order valence-corrected chi connectivity index (χ2v) is 6.56. The van der Waals surface area contributed by atoms with E-state index < -0.39 is 7.92 Å². The molecule has 0 unspecified atom stereocenters. The molecule has 0 N–H and O–H groups in total. The Kier molecular flexibility index (Phi) is 8.21. The van der Waals surface area contributed by atoms with E-state index in [1.165, 1.54) is 15.9 Å². The van der Waals surface area contributed by atoms with Gasteiger partial charge in [0.15, 0.2) is 0 Å². The van der Waals surface area contributed by atoms with Crippen LogP contribution in [-0.2, 0) is 39.2 Å². The smallest absolute Gasteiger partial charge is 0 e. The van der Waals surface area contributed by atoms with E-state index in [9.17, 15) is 0 Å². The molecule has 0 bridgehead atoms. The van der Waals surface area contributed by atoms with E-state index in [1.54, 1.807) is 0 Å². The van der Waals surface area contributed by atoms with Gasteiger partial charge in [-0.1, -0.05) is 91.0 Å². The topological polar surface area (TPSA) is 0 Å². The van der Waals surface area contributed by atoms with E-state index in [4.69, 9.17) is 0 Å². The van der Waals surface area contributed by atoms with Gasteiger partial charge in [0.2, 0.25) is 0 Å². The molecule has 21 heavy (non-hydrogen) atoms. The van der Waals surface area contributed by atoms with Crippen molar-refractivity contribution >= 4 is 23.8 Å².